The highest BCUT2D eigenvalue weighted by atomic mass is 16.1. The highest BCUT2D eigenvalue weighted by molar-refractivity contribution is 5.92. The van der Waals surface area contributed by atoms with Gasteiger partial charge in [0, 0.05) is 11.7 Å². The molecular formula is C15H19N3O. The zero-order valence-corrected chi connectivity index (χ0v) is 11.0. The van der Waals surface area contributed by atoms with Crippen LogP contribution in [0.1, 0.15) is 37.7 Å². The fourth-order valence-corrected chi connectivity index (χ4v) is 2.42. The molecular weight excluding hydrogens is 238 g/mol. The summed E-state index contributed by atoms with van der Waals surface area (Å²) in [5.74, 6) is -0.0549. The summed E-state index contributed by atoms with van der Waals surface area (Å²) in [6, 6.07) is 9.49. The number of carbonyl (C=O) groups is 1. The highest BCUT2D eigenvalue weighted by Gasteiger charge is 2.13. The van der Waals surface area contributed by atoms with Gasteiger partial charge >= 0.3 is 0 Å². The van der Waals surface area contributed by atoms with Crippen molar-refractivity contribution in [1.82, 2.24) is 5.32 Å². The van der Waals surface area contributed by atoms with Gasteiger partial charge in [-0.1, -0.05) is 25.3 Å². The van der Waals surface area contributed by atoms with Crippen LogP contribution in [0.5, 0.6) is 0 Å². The van der Waals surface area contributed by atoms with E-state index in [1.165, 1.54) is 19.3 Å². The third-order valence-electron chi connectivity index (χ3n) is 3.43. The Morgan fingerprint density at radius 3 is 2.84 bits per heavy atom. The SMILES string of the molecule is N#Cc1cccc(NC(=O)CNC2CCCCC2)c1. The number of hydrogen-bond acceptors (Lipinski definition) is 3. The van der Waals surface area contributed by atoms with Crippen LogP contribution in [0.4, 0.5) is 5.69 Å². The average molecular weight is 257 g/mol. The van der Waals surface area contributed by atoms with Crippen LogP contribution in [0, 0.1) is 11.3 Å². The lowest BCUT2D eigenvalue weighted by molar-refractivity contribution is -0.115. The first-order chi connectivity index (χ1) is 9.28. The number of nitrogens with zero attached hydrogens (tertiary/aromatic N) is 1. The van der Waals surface area contributed by atoms with E-state index in [0.717, 1.165) is 12.8 Å². The first-order valence-corrected chi connectivity index (χ1v) is 6.81. The highest BCUT2D eigenvalue weighted by Crippen LogP contribution is 2.17. The number of amides is 1. The molecule has 4 nitrogen and oxygen atoms in total. The van der Waals surface area contributed by atoms with E-state index in [0.29, 0.717) is 23.8 Å². The summed E-state index contributed by atoms with van der Waals surface area (Å²) in [7, 11) is 0. The largest absolute Gasteiger partial charge is 0.325 e. The Balaban J connectivity index is 1.78. The molecule has 4 heteroatoms. The van der Waals surface area contributed by atoms with Gasteiger partial charge in [0.2, 0.25) is 5.91 Å². The molecule has 1 aromatic rings. The second-order valence-corrected chi connectivity index (χ2v) is 4.96. The van der Waals surface area contributed by atoms with Crippen molar-refractivity contribution in [2.45, 2.75) is 38.1 Å². The summed E-state index contributed by atoms with van der Waals surface area (Å²) >= 11 is 0. The monoisotopic (exact) mass is 257 g/mol. The van der Waals surface area contributed by atoms with Gasteiger partial charge in [-0.25, -0.2) is 0 Å². The van der Waals surface area contributed by atoms with Crippen LogP contribution < -0.4 is 10.6 Å². The number of nitriles is 1. The van der Waals surface area contributed by atoms with Gasteiger partial charge in [-0.3, -0.25) is 4.79 Å². The third-order valence-corrected chi connectivity index (χ3v) is 3.43. The zero-order chi connectivity index (χ0) is 13.5. The molecule has 0 radical (unpaired) electrons. The number of anilines is 1. The van der Waals surface area contributed by atoms with E-state index >= 15 is 0 Å². The Morgan fingerprint density at radius 1 is 1.32 bits per heavy atom. The lowest BCUT2D eigenvalue weighted by Crippen LogP contribution is -2.37. The molecule has 1 amide bonds. The number of benzene rings is 1. The van der Waals surface area contributed by atoms with Crippen LogP contribution in [0.15, 0.2) is 24.3 Å². The van der Waals surface area contributed by atoms with Crippen LogP contribution in [0.25, 0.3) is 0 Å². The minimum absolute atomic E-state index is 0.0549. The van der Waals surface area contributed by atoms with Gasteiger partial charge in [-0.05, 0) is 31.0 Å². The molecule has 0 spiro atoms. The van der Waals surface area contributed by atoms with Gasteiger partial charge in [0.05, 0.1) is 18.2 Å². The molecule has 1 aliphatic carbocycles. The van der Waals surface area contributed by atoms with E-state index in [1.807, 2.05) is 0 Å². The Bertz CT molecular complexity index is 473. The van der Waals surface area contributed by atoms with Gasteiger partial charge < -0.3 is 10.6 Å². The predicted octanol–water partition coefficient (Wildman–Crippen LogP) is 2.42. The normalized spacial score (nSPS) is 15.7. The third kappa shape index (κ3) is 4.38. The van der Waals surface area contributed by atoms with Crippen molar-refractivity contribution < 1.29 is 4.79 Å². The minimum atomic E-state index is -0.0549. The Labute approximate surface area is 113 Å². The van der Waals surface area contributed by atoms with Gasteiger partial charge in [0.1, 0.15) is 0 Å². The maximum absolute atomic E-state index is 11.8. The Kier molecular flexibility index (Phi) is 4.93. The number of carbonyl (C=O) groups excluding carboxylic acids is 1. The van der Waals surface area contributed by atoms with E-state index in [-0.39, 0.29) is 5.91 Å². The second kappa shape index (κ2) is 6.91. The van der Waals surface area contributed by atoms with Crippen LogP contribution in [0.2, 0.25) is 0 Å². The molecule has 0 aromatic heterocycles. The fourth-order valence-electron chi connectivity index (χ4n) is 2.42. The van der Waals surface area contributed by atoms with Gasteiger partial charge in [0.25, 0.3) is 0 Å². The fraction of sp³-hybridized carbons (Fsp3) is 0.467. The molecule has 1 saturated carbocycles. The molecule has 0 saturated heterocycles. The summed E-state index contributed by atoms with van der Waals surface area (Å²) in [6.07, 6.45) is 6.15. The van der Waals surface area contributed by atoms with Gasteiger partial charge in [-0.2, -0.15) is 5.26 Å². The maximum Gasteiger partial charge on any atom is 0.238 e. The van der Waals surface area contributed by atoms with Crippen molar-refractivity contribution in [1.29, 1.82) is 5.26 Å². The molecule has 100 valence electrons. The van der Waals surface area contributed by atoms with Gasteiger partial charge in [0.15, 0.2) is 0 Å². The summed E-state index contributed by atoms with van der Waals surface area (Å²) in [6.45, 7) is 0.335. The molecule has 0 bridgehead atoms. The van der Waals surface area contributed by atoms with Crippen molar-refractivity contribution >= 4 is 11.6 Å². The molecule has 1 aromatic carbocycles. The molecule has 0 unspecified atom stereocenters. The van der Waals surface area contributed by atoms with Crippen molar-refractivity contribution in [3.05, 3.63) is 29.8 Å². The number of rotatable bonds is 4. The molecule has 19 heavy (non-hydrogen) atoms. The average Bonchev–Trinajstić information content (AvgIpc) is 2.46. The Morgan fingerprint density at radius 2 is 2.11 bits per heavy atom. The van der Waals surface area contributed by atoms with Crippen molar-refractivity contribution in [3.63, 3.8) is 0 Å². The van der Waals surface area contributed by atoms with E-state index < -0.39 is 0 Å². The first-order valence-electron chi connectivity index (χ1n) is 6.81. The van der Waals surface area contributed by atoms with E-state index in [1.54, 1.807) is 24.3 Å². The van der Waals surface area contributed by atoms with Crippen molar-refractivity contribution in [2.24, 2.45) is 0 Å². The lowest BCUT2D eigenvalue weighted by Gasteiger charge is -2.22. The van der Waals surface area contributed by atoms with Crippen LogP contribution in [-0.2, 0) is 4.79 Å². The molecule has 1 aliphatic rings. The number of nitrogens with one attached hydrogen (secondary N) is 2. The van der Waals surface area contributed by atoms with Crippen molar-refractivity contribution in [2.75, 3.05) is 11.9 Å². The van der Waals surface area contributed by atoms with Gasteiger partial charge in [-0.15, -0.1) is 0 Å². The minimum Gasteiger partial charge on any atom is -0.325 e. The quantitative estimate of drug-likeness (QED) is 0.870. The molecule has 2 rings (SSSR count). The standard InChI is InChI=1S/C15H19N3O/c16-10-12-5-4-8-14(9-12)18-15(19)11-17-13-6-2-1-3-7-13/h4-5,8-9,13,17H,1-3,6-7,11H2,(H,18,19). The smallest absolute Gasteiger partial charge is 0.238 e. The predicted molar refractivity (Wildman–Crippen MR) is 74.7 cm³/mol. The summed E-state index contributed by atoms with van der Waals surface area (Å²) in [4.78, 5) is 11.8. The van der Waals surface area contributed by atoms with Crippen LogP contribution >= 0.6 is 0 Å². The first kappa shape index (κ1) is 13.6. The van der Waals surface area contributed by atoms with E-state index in [9.17, 15) is 4.79 Å². The topological polar surface area (TPSA) is 64.9 Å². The zero-order valence-electron chi connectivity index (χ0n) is 11.0. The lowest BCUT2D eigenvalue weighted by atomic mass is 9.95. The second-order valence-electron chi connectivity index (χ2n) is 4.96. The molecule has 0 atom stereocenters. The van der Waals surface area contributed by atoms with Crippen LogP contribution in [0.3, 0.4) is 0 Å². The summed E-state index contributed by atoms with van der Waals surface area (Å²) in [5.41, 5.74) is 1.23. The summed E-state index contributed by atoms with van der Waals surface area (Å²) < 4.78 is 0. The van der Waals surface area contributed by atoms with E-state index in [2.05, 4.69) is 16.7 Å². The number of hydrogen-bond donors (Lipinski definition) is 2. The maximum atomic E-state index is 11.8. The van der Waals surface area contributed by atoms with Crippen LogP contribution in [-0.4, -0.2) is 18.5 Å². The summed E-state index contributed by atoms with van der Waals surface area (Å²) in [5, 5.41) is 14.9. The molecule has 0 heterocycles. The molecule has 1 fully saturated rings. The molecule has 2 N–H and O–H groups in total. The van der Waals surface area contributed by atoms with Crippen molar-refractivity contribution in [3.8, 4) is 6.07 Å². The van der Waals surface area contributed by atoms with E-state index in [4.69, 9.17) is 5.26 Å². The Hall–Kier alpha value is -1.86. The molecule has 0 aliphatic heterocycles.